The quantitative estimate of drug-likeness (QED) is 0.867. The Kier molecular flexibility index (Phi) is 3.80. The maximum atomic E-state index is 12.2. The first-order valence-corrected chi connectivity index (χ1v) is 8.20. The fourth-order valence-electron chi connectivity index (χ4n) is 3.44. The van der Waals surface area contributed by atoms with E-state index < -0.39 is 41.6 Å². The number of H-pyrrole nitrogens is 1. The summed E-state index contributed by atoms with van der Waals surface area (Å²) in [6.07, 6.45) is -0.778. The van der Waals surface area contributed by atoms with E-state index in [9.17, 15) is 9.59 Å². The second-order valence-corrected chi connectivity index (χ2v) is 6.76. The minimum atomic E-state index is -0.825. The van der Waals surface area contributed by atoms with E-state index in [1.807, 2.05) is 0 Å². The molecule has 0 bridgehead atoms. The van der Waals surface area contributed by atoms with Gasteiger partial charge < -0.3 is 14.2 Å². The Morgan fingerprint density at radius 2 is 1.81 bits per heavy atom. The third-order valence-corrected chi connectivity index (χ3v) is 4.52. The van der Waals surface area contributed by atoms with Crippen LogP contribution >= 0.6 is 0 Å². The number of ether oxygens (including phenoxy) is 3. The number of nitriles is 1. The van der Waals surface area contributed by atoms with Gasteiger partial charge in [0, 0.05) is 12.3 Å². The maximum Gasteiger partial charge on any atom is 0.330 e. The highest BCUT2D eigenvalue weighted by atomic mass is 16.8. The summed E-state index contributed by atoms with van der Waals surface area (Å²) in [4.78, 5) is 25.8. The summed E-state index contributed by atoms with van der Waals surface area (Å²) in [5, 5.41) is 8.96. The van der Waals surface area contributed by atoms with Crippen molar-refractivity contribution in [2.75, 3.05) is 0 Å². The molecule has 3 unspecified atom stereocenters. The molecular weight excluding hydrogens is 338 g/mol. The Morgan fingerprint density at radius 3 is 2.46 bits per heavy atom. The van der Waals surface area contributed by atoms with Gasteiger partial charge in [-0.3, -0.25) is 14.3 Å². The molecule has 3 heterocycles. The van der Waals surface area contributed by atoms with Gasteiger partial charge in [0.05, 0.1) is 11.6 Å². The van der Waals surface area contributed by atoms with Crippen molar-refractivity contribution in [3.05, 3.63) is 68.5 Å². The molecule has 1 aromatic carbocycles. The van der Waals surface area contributed by atoms with Crippen LogP contribution in [0.5, 0.6) is 0 Å². The first-order chi connectivity index (χ1) is 12.4. The van der Waals surface area contributed by atoms with E-state index >= 15 is 0 Å². The molecule has 26 heavy (non-hydrogen) atoms. The minimum Gasteiger partial charge on any atom is -0.344 e. The zero-order valence-electron chi connectivity index (χ0n) is 14.2. The van der Waals surface area contributed by atoms with Crippen LogP contribution in [-0.4, -0.2) is 27.5 Å². The van der Waals surface area contributed by atoms with E-state index in [0.29, 0.717) is 5.56 Å². The van der Waals surface area contributed by atoms with Crippen molar-refractivity contribution in [2.45, 2.75) is 44.2 Å². The summed E-state index contributed by atoms with van der Waals surface area (Å²) < 4.78 is 19.4. The smallest absolute Gasteiger partial charge is 0.330 e. The molecule has 0 saturated carbocycles. The SMILES string of the molecule is CC1(C)OC2C(O1)[C@@H](c1ccc(C#N)cc1)OC2n1ccc(=O)[nH]c1=O. The highest BCUT2D eigenvalue weighted by molar-refractivity contribution is 5.33. The molecule has 4 atom stereocenters. The number of rotatable bonds is 2. The summed E-state index contributed by atoms with van der Waals surface area (Å²) in [6, 6.07) is 10.3. The predicted octanol–water partition coefficient (Wildman–Crippen LogP) is 1.20. The highest BCUT2D eigenvalue weighted by Gasteiger charge is 2.56. The normalized spacial score (nSPS) is 29.3. The lowest BCUT2D eigenvalue weighted by atomic mass is 10.0. The minimum absolute atomic E-state index is 0.429. The molecule has 1 N–H and O–H groups in total. The number of aromatic amines is 1. The molecule has 2 aliphatic rings. The second-order valence-electron chi connectivity index (χ2n) is 6.76. The first-order valence-electron chi connectivity index (χ1n) is 8.20. The van der Waals surface area contributed by atoms with Gasteiger partial charge in [0.25, 0.3) is 5.56 Å². The van der Waals surface area contributed by atoms with E-state index in [-0.39, 0.29) is 0 Å². The van der Waals surface area contributed by atoms with Crippen LogP contribution in [0.2, 0.25) is 0 Å². The number of hydrogen-bond acceptors (Lipinski definition) is 6. The summed E-state index contributed by atoms with van der Waals surface area (Å²) in [5.41, 5.74) is 0.310. The average molecular weight is 355 g/mol. The van der Waals surface area contributed by atoms with Crippen LogP contribution in [0, 0.1) is 11.3 Å². The summed E-state index contributed by atoms with van der Waals surface area (Å²) >= 11 is 0. The Morgan fingerprint density at radius 1 is 1.12 bits per heavy atom. The van der Waals surface area contributed by atoms with E-state index in [1.54, 1.807) is 38.1 Å². The first kappa shape index (κ1) is 16.7. The molecule has 134 valence electrons. The molecule has 2 aliphatic heterocycles. The third-order valence-electron chi connectivity index (χ3n) is 4.52. The van der Waals surface area contributed by atoms with Crippen LogP contribution in [0.4, 0.5) is 0 Å². The van der Waals surface area contributed by atoms with E-state index in [1.165, 1.54) is 16.8 Å². The van der Waals surface area contributed by atoms with Crippen molar-refractivity contribution >= 4 is 0 Å². The van der Waals surface area contributed by atoms with Crippen molar-refractivity contribution in [1.29, 1.82) is 5.26 Å². The molecule has 8 heteroatoms. The van der Waals surface area contributed by atoms with Gasteiger partial charge in [-0.15, -0.1) is 0 Å². The number of hydrogen-bond donors (Lipinski definition) is 1. The van der Waals surface area contributed by atoms with Crippen molar-refractivity contribution < 1.29 is 14.2 Å². The van der Waals surface area contributed by atoms with Gasteiger partial charge in [0.1, 0.15) is 18.3 Å². The van der Waals surface area contributed by atoms with E-state index in [2.05, 4.69) is 11.1 Å². The summed E-state index contributed by atoms with van der Waals surface area (Å²) in [5.74, 6) is -0.825. The second kappa shape index (κ2) is 5.92. The maximum absolute atomic E-state index is 12.2. The molecule has 1 aromatic heterocycles. The van der Waals surface area contributed by atoms with Gasteiger partial charge in [-0.05, 0) is 31.5 Å². The molecule has 0 radical (unpaired) electrons. The third kappa shape index (κ3) is 2.76. The van der Waals surface area contributed by atoms with Gasteiger partial charge in [-0.25, -0.2) is 4.79 Å². The lowest BCUT2D eigenvalue weighted by Gasteiger charge is -2.25. The monoisotopic (exact) mass is 355 g/mol. The van der Waals surface area contributed by atoms with Crippen molar-refractivity contribution in [2.24, 2.45) is 0 Å². The topological polar surface area (TPSA) is 106 Å². The molecule has 0 amide bonds. The number of nitrogens with zero attached hydrogens (tertiary/aromatic N) is 2. The van der Waals surface area contributed by atoms with Crippen molar-refractivity contribution in [3.63, 3.8) is 0 Å². The molecular formula is C18H17N3O5. The van der Waals surface area contributed by atoms with Crippen LogP contribution < -0.4 is 11.2 Å². The Balaban J connectivity index is 1.74. The molecule has 4 rings (SSSR count). The van der Waals surface area contributed by atoms with Gasteiger partial charge in [0.15, 0.2) is 12.0 Å². The van der Waals surface area contributed by atoms with E-state index in [0.717, 1.165) is 5.56 Å². The molecule has 2 saturated heterocycles. The number of nitrogens with one attached hydrogen (secondary N) is 1. The Bertz CT molecular complexity index is 985. The molecule has 2 aromatic rings. The van der Waals surface area contributed by atoms with Crippen LogP contribution in [0.25, 0.3) is 0 Å². The number of fused-ring (bicyclic) bond motifs is 1. The Hall–Kier alpha value is -2.73. The lowest BCUT2D eigenvalue weighted by Crippen LogP contribution is -2.37. The number of benzene rings is 1. The fraction of sp³-hybridized carbons (Fsp3) is 0.389. The van der Waals surface area contributed by atoms with Gasteiger partial charge in [0.2, 0.25) is 0 Å². The van der Waals surface area contributed by atoms with Gasteiger partial charge in [-0.2, -0.15) is 5.26 Å². The van der Waals surface area contributed by atoms with Crippen LogP contribution in [0.3, 0.4) is 0 Å². The van der Waals surface area contributed by atoms with Crippen LogP contribution in [0.15, 0.2) is 46.1 Å². The van der Waals surface area contributed by atoms with Gasteiger partial charge >= 0.3 is 5.69 Å². The highest BCUT2D eigenvalue weighted by Crippen LogP contribution is 2.48. The lowest BCUT2D eigenvalue weighted by molar-refractivity contribution is -0.198. The average Bonchev–Trinajstić information content (AvgIpc) is 3.08. The summed E-state index contributed by atoms with van der Waals surface area (Å²) in [6.45, 7) is 3.60. The molecule has 8 nitrogen and oxygen atoms in total. The largest absolute Gasteiger partial charge is 0.344 e. The molecule has 0 aliphatic carbocycles. The predicted molar refractivity (Wildman–Crippen MR) is 89.2 cm³/mol. The zero-order valence-corrected chi connectivity index (χ0v) is 14.2. The molecule has 2 fully saturated rings. The standard InChI is InChI=1S/C18H17N3O5/c1-18(2)25-14-13(11-5-3-10(9-19)4-6-11)24-16(15(14)26-18)21-8-7-12(22)20-17(21)23/h3-8,13-16H,1-2H3,(H,20,22,23)/t13-,14?,15?,16?/m1/s1. The van der Waals surface area contributed by atoms with Crippen LogP contribution in [0.1, 0.15) is 37.3 Å². The molecule has 0 spiro atoms. The Labute approximate surface area is 148 Å². The summed E-state index contributed by atoms with van der Waals surface area (Å²) in [7, 11) is 0. The fourth-order valence-corrected chi connectivity index (χ4v) is 3.44. The van der Waals surface area contributed by atoms with E-state index in [4.69, 9.17) is 19.5 Å². The van der Waals surface area contributed by atoms with Crippen LogP contribution in [-0.2, 0) is 14.2 Å². The number of aromatic nitrogens is 2. The van der Waals surface area contributed by atoms with Crippen molar-refractivity contribution in [1.82, 2.24) is 9.55 Å². The van der Waals surface area contributed by atoms with Crippen molar-refractivity contribution in [3.8, 4) is 6.07 Å². The van der Waals surface area contributed by atoms with Gasteiger partial charge in [-0.1, -0.05) is 12.1 Å². The zero-order chi connectivity index (χ0) is 18.5.